The zero-order valence-corrected chi connectivity index (χ0v) is 18.2. The third-order valence-electron chi connectivity index (χ3n) is 3.69. The fraction of sp³-hybridized carbons (Fsp3) is 0.222. The van der Waals surface area contributed by atoms with Crippen LogP contribution in [0.4, 0.5) is 17.6 Å². The van der Waals surface area contributed by atoms with Gasteiger partial charge in [-0.1, -0.05) is 35.3 Å². The summed E-state index contributed by atoms with van der Waals surface area (Å²) in [7, 11) is -3.63. The molecule has 3 rings (SSSR count). The van der Waals surface area contributed by atoms with Gasteiger partial charge in [0.2, 0.25) is 21.9 Å². The van der Waals surface area contributed by atoms with Crippen LogP contribution in [0.3, 0.4) is 0 Å². The molecule has 2 aromatic carbocycles. The molecule has 0 unspecified atom stereocenters. The Bertz CT molecular complexity index is 1110. The number of hydrogen-bond acceptors (Lipinski definition) is 6. The monoisotopic (exact) mass is 454 g/mol. The van der Waals surface area contributed by atoms with E-state index in [2.05, 4.69) is 25.2 Å². The molecule has 0 radical (unpaired) electrons. The Morgan fingerprint density at radius 3 is 2.14 bits per heavy atom. The van der Waals surface area contributed by atoms with E-state index in [1.807, 2.05) is 0 Å². The molecule has 0 amide bonds. The Morgan fingerprint density at radius 2 is 1.66 bits per heavy atom. The number of nitrogen functional groups attached to an aromatic ring is 1. The first kappa shape index (κ1) is 21.4. The van der Waals surface area contributed by atoms with Crippen LogP contribution in [-0.4, -0.2) is 29.1 Å². The minimum atomic E-state index is -3.63. The summed E-state index contributed by atoms with van der Waals surface area (Å²) in [5.41, 5.74) is 6.77. The van der Waals surface area contributed by atoms with Crippen molar-refractivity contribution in [3.8, 4) is 11.1 Å². The van der Waals surface area contributed by atoms with Gasteiger partial charge in [-0.15, -0.1) is 5.10 Å². The molecule has 29 heavy (non-hydrogen) atoms. The zero-order chi connectivity index (χ0) is 21.4. The molecule has 0 aliphatic rings. The highest BCUT2D eigenvalue weighted by molar-refractivity contribution is 7.89. The van der Waals surface area contributed by atoms with Crippen molar-refractivity contribution < 1.29 is 8.42 Å². The van der Waals surface area contributed by atoms with E-state index >= 15 is 0 Å². The summed E-state index contributed by atoms with van der Waals surface area (Å²) < 4.78 is 27.5. The molecule has 11 heteroatoms. The fourth-order valence-corrected chi connectivity index (χ4v) is 4.77. The van der Waals surface area contributed by atoms with Gasteiger partial charge in [-0.2, -0.15) is 4.98 Å². The molecule has 154 valence electrons. The lowest BCUT2D eigenvalue weighted by molar-refractivity contribution is 0.491. The van der Waals surface area contributed by atoms with Crippen molar-refractivity contribution in [2.75, 3.05) is 11.1 Å². The summed E-state index contributed by atoms with van der Waals surface area (Å²) in [6.45, 7) is 5.34. The molecule has 0 bridgehead atoms. The smallest absolute Gasteiger partial charge is 0.248 e. The van der Waals surface area contributed by atoms with E-state index in [-0.39, 0.29) is 16.8 Å². The number of nitrogens with two attached hydrogens (primary N) is 1. The van der Waals surface area contributed by atoms with Crippen LogP contribution in [0.2, 0.25) is 10.0 Å². The standard InChI is InChI=1S/C18H20Cl2N6O2S/c1-18(2,3)26-29(27,28)12-6-4-10(5-7-12)15-13(19)8-11(9-14(15)20)22-17-23-16(21)24-25-17/h4-9,26H,1-3H3,(H4,21,22,23,24,25). The van der Waals surface area contributed by atoms with Gasteiger partial charge in [0.1, 0.15) is 0 Å². The highest BCUT2D eigenvalue weighted by Crippen LogP contribution is 2.38. The third-order valence-corrected chi connectivity index (χ3v) is 6.06. The van der Waals surface area contributed by atoms with Gasteiger partial charge in [-0.3, -0.25) is 0 Å². The van der Waals surface area contributed by atoms with E-state index in [1.54, 1.807) is 45.0 Å². The van der Waals surface area contributed by atoms with Crippen LogP contribution >= 0.6 is 23.2 Å². The minimum absolute atomic E-state index is 0.156. The van der Waals surface area contributed by atoms with Gasteiger partial charge >= 0.3 is 0 Å². The molecule has 0 atom stereocenters. The lowest BCUT2D eigenvalue weighted by atomic mass is 10.1. The molecule has 0 saturated heterocycles. The summed E-state index contributed by atoms with van der Waals surface area (Å²) in [5.74, 6) is 0.459. The number of nitrogens with one attached hydrogen (secondary N) is 3. The molecule has 0 aliphatic carbocycles. The molecule has 1 aromatic heterocycles. The van der Waals surface area contributed by atoms with Gasteiger partial charge in [-0.25, -0.2) is 18.2 Å². The number of anilines is 3. The quantitative estimate of drug-likeness (QED) is 0.457. The number of H-pyrrole nitrogens is 1. The summed E-state index contributed by atoms with van der Waals surface area (Å²) in [6, 6.07) is 9.68. The van der Waals surface area contributed by atoms with E-state index in [0.29, 0.717) is 26.9 Å². The largest absolute Gasteiger partial charge is 0.368 e. The number of aromatic amines is 1. The Hall–Kier alpha value is -2.33. The number of hydrogen-bond donors (Lipinski definition) is 4. The molecule has 0 aliphatic heterocycles. The van der Waals surface area contributed by atoms with E-state index in [9.17, 15) is 8.42 Å². The second-order valence-electron chi connectivity index (χ2n) is 7.36. The van der Waals surface area contributed by atoms with E-state index in [0.717, 1.165) is 0 Å². The minimum Gasteiger partial charge on any atom is -0.368 e. The molecular weight excluding hydrogens is 435 g/mol. The van der Waals surface area contributed by atoms with Crippen molar-refractivity contribution >= 4 is 50.8 Å². The summed E-state index contributed by atoms with van der Waals surface area (Å²) in [4.78, 5) is 4.11. The van der Waals surface area contributed by atoms with E-state index in [1.165, 1.54) is 12.1 Å². The van der Waals surface area contributed by atoms with Crippen LogP contribution in [0.15, 0.2) is 41.3 Å². The van der Waals surface area contributed by atoms with Gasteiger partial charge in [0.05, 0.1) is 14.9 Å². The van der Waals surface area contributed by atoms with Gasteiger partial charge in [0.15, 0.2) is 0 Å². The SMILES string of the molecule is CC(C)(C)NS(=O)(=O)c1ccc(-c2c(Cl)cc(Nc3n[nH]c(N)n3)cc2Cl)cc1. The maximum atomic E-state index is 12.5. The molecule has 0 spiro atoms. The topological polar surface area (TPSA) is 126 Å². The van der Waals surface area contributed by atoms with Crippen LogP contribution in [0.1, 0.15) is 20.8 Å². The third kappa shape index (κ3) is 5.18. The van der Waals surface area contributed by atoms with Gasteiger partial charge in [-0.05, 0) is 50.6 Å². The number of rotatable bonds is 5. The van der Waals surface area contributed by atoms with Crippen molar-refractivity contribution in [1.29, 1.82) is 0 Å². The lowest BCUT2D eigenvalue weighted by Gasteiger charge is -2.20. The van der Waals surface area contributed by atoms with Crippen molar-refractivity contribution in [1.82, 2.24) is 19.9 Å². The first-order valence-electron chi connectivity index (χ1n) is 8.53. The summed E-state index contributed by atoms with van der Waals surface area (Å²) in [6.07, 6.45) is 0. The molecule has 1 heterocycles. The van der Waals surface area contributed by atoms with Crippen LogP contribution in [-0.2, 0) is 10.0 Å². The van der Waals surface area contributed by atoms with E-state index < -0.39 is 15.6 Å². The summed E-state index contributed by atoms with van der Waals surface area (Å²) >= 11 is 12.9. The highest BCUT2D eigenvalue weighted by atomic mass is 35.5. The van der Waals surface area contributed by atoms with Crippen LogP contribution < -0.4 is 15.8 Å². The maximum absolute atomic E-state index is 12.5. The normalized spacial score (nSPS) is 12.2. The van der Waals surface area contributed by atoms with Crippen LogP contribution in [0, 0.1) is 0 Å². The molecule has 3 aromatic rings. The predicted octanol–water partition coefficient (Wildman–Crippen LogP) is 4.18. The second kappa shape index (κ2) is 7.83. The molecule has 0 saturated carbocycles. The van der Waals surface area contributed by atoms with Crippen LogP contribution in [0.5, 0.6) is 0 Å². The van der Waals surface area contributed by atoms with Crippen molar-refractivity contribution in [3.63, 3.8) is 0 Å². The average Bonchev–Trinajstić information content (AvgIpc) is 2.97. The Kier molecular flexibility index (Phi) is 5.77. The number of nitrogens with zero attached hydrogens (tertiary/aromatic N) is 2. The van der Waals surface area contributed by atoms with E-state index in [4.69, 9.17) is 28.9 Å². The van der Waals surface area contributed by atoms with Crippen LogP contribution in [0.25, 0.3) is 11.1 Å². The number of benzene rings is 2. The highest BCUT2D eigenvalue weighted by Gasteiger charge is 2.22. The van der Waals surface area contributed by atoms with Crippen molar-refractivity contribution in [2.45, 2.75) is 31.2 Å². The number of aromatic nitrogens is 3. The molecule has 0 fully saturated rings. The second-order valence-corrected chi connectivity index (χ2v) is 9.86. The Morgan fingerprint density at radius 1 is 1.07 bits per heavy atom. The number of sulfonamides is 1. The molecule has 8 nitrogen and oxygen atoms in total. The van der Waals surface area contributed by atoms with Gasteiger partial charge in [0, 0.05) is 16.8 Å². The van der Waals surface area contributed by atoms with Crippen molar-refractivity contribution in [3.05, 3.63) is 46.4 Å². The predicted molar refractivity (Wildman–Crippen MR) is 116 cm³/mol. The molecule has 5 N–H and O–H groups in total. The zero-order valence-electron chi connectivity index (χ0n) is 15.9. The Labute approximate surface area is 178 Å². The first-order valence-corrected chi connectivity index (χ1v) is 10.8. The number of halogens is 2. The molecular formula is C18H20Cl2N6O2S. The maximum Gasteiger partial charge on any atom is 0.248 e. The lowest BCUT2D eigenvalue weighted by Crippen LogP contribution is -2.40. The first-order chi connectivity index (χ1) is 13.4. The van der Waals surface area contributed by atoms with Gasteiger partial charge < -0.3 is 11.1 Å². The average molecular weight is 455 g/mol. The van der Waals surface area contributed by atoms with Crippen molar-refractivity contribution in [2.24, 2.45) is 0 Å². The Balaban J connectivity index is 1.89. The fourth-order valence-electron chi connectivity index (χ4n) is 2.64. The van der Waals surface area contributed by atoms with Gasteiger partial charge in [0.25, 0.3) is 0 Å². The summed E-state index contributed by atoms with van der Waals surface area (Å²) in [5, 5.41) is 10.1.